The van der Waals surface area contributed by atoms with Gasteiger partial charge in [0.1, 0.15) is 6.04 Å². The zero-order valence-corrected chi connectivity index (χ0v) is 20.2. The monoisotopic (exact) mass is 504 g/mol. The van der Waals surface area contributed by atoms with Crippen LogP contribution in [0.15, 0.2) is 59.9 Å². The van der Waals surface area contributed by atoms with Crippen molar-refractivity contribution >= 4 is 41.0 Å². The van der Waals surface area contributed by atoms with Crippen LogP contribution in [0.3, 0.4) is 0 Å². The quantitative estimate of drug-likeness (QED) is 0.378. The molecule has 1 aliphatic heterocycles. The number of ether oxygens (including phenoxy) is 1. The molecule has 2 aromatic rings. The van der Waals surface area contributed by atoms with Gasteiger partial charge in [-0.25, -0.2) is 4.79 Å². The van der Waals surface area contributed by atoms with Gasteiger partial charge < -0.3 is 20.1 Å². The summed E-state index contributed by atoms with van der Waals surface area (Å²) in [6.07, 6.45) is 1.49. The summed E-state index contributed by atoms with van der Waals surface area (Å²) >= 11 is 11.9. The molecule has 2 amide bonds. The van der Waals surface area contributed by atoms with Gasteiger partial charge in [0.15, 0.2) is 5.76 Å². The molecule has 1 heterocycles. The SMILES string of the molecule is CCOC(=O)[C@H](Cc1ccccc1)N1CC(C(=O)NCCCc2ccc(Cl)c(Cl)c2)=C(O)C1=O. The van der Waals surface area contributed by atoms with Crippen LogP contribution >= 0.6 is 23.2 Å². The molecule has 0 bridgehead atoms. The third kappa shape index (κ3) is 6.30. The molecule has 3 rings (SSSR count). The smallest absolute Gasteiger partial charge is 0.329 e. The third-order valence-electron chi connectivity index (χ3n) is 5.47. The van der Waals surface area contributed by atoms with Gasteiger partial charge in [-0.3, -0.25) is 9.59 Å². The molecule has 0 saturated carbocycles. The minimum Gasteiger partial charge on any atom is -0.503 e. The number of esters is 1. The Labute approximate surface area is 208 Å². The third-order valence-corrected chi connectivity index (χ3v) is 6.21. The molecule has 0 aromatic heterocycles. The highest BCUT2D eigenvalue weighted by atomic mass is 35.5. The molecular weight excluding hydrogens is 479 g/mol. The molecule has 0 fully saturated rings. The van der Waals surface area contributed by atoms with E-state index in [9.17, 15) is 19.5 Å². The number of hydrogen-bond acceptors (Lipinski definition) is 5. The van der Waals surface area contributed by atoms with E-state index in [1.165, 1.54) is 4.90 Å². The average Bonchev–Trinajstić information content (AvgIpc) is 3.12. The summed E-state index contributed by atoms with van der Waals surface area (Å²) < 4.78 is 5.15. The zero-order chi connectivity index (χ0) is 24.7. The number of benzene rings is 2. The molecule has 0 spiro atoms. The number of nitrogens with zero attached hydrogens (tertiary/aromatic N) is 1. The summed E-state index contributed by atoms with van der Waals surface area (Å²) in [4.78, 5) is 39.2. The van der Waals surface area contributed by atoms with Crippen LogP contribution < -0.4 is 5.32 Å². The van der Waals surface area contributed by atoms with Crippen LogP contribution in [0.2, 0.25) is 10.0 Å². The van der Waals surface area contributed by atoms with Gasteiger partial charge in [-0.15, -0.1) is 0 Å². The number of aliphatic hydroxyl groups is 1. The Morgan fingerprint density at radius 1 is 1.12 bits per heavy atom. The molecule has 2 aromatic carbocycles. The lowest BCUT2D eigenvalue weighted by atomic mass is 10.0. The van der Waals surface area contributed by atoms with E-state index in [1.807, 2.05) is 36.4 Å². The van der Waals surface area contributed by atoms with Gasteiger partial charge in [-0.1, -0.05) is 59.6 Å². The molecule has 2 N–H and O–H groups in total. The van der Waals surface area contributed by atoms with Gasteiger partial charge >= 0.3 is 5.97 Å². The van der Waals surface area contributed by atoms with E-state index in [2.05, 4.69) is 5.32 Å². The Kier molecular flexibility index (Phi) is 8.96. The fraction of sp³-hybridized carbons (Fsp3) is 0.320. The van der Waals surface area contributed by atoms with E-state index in [-0.39, 0.29) is 25.1 Å². The molecule has 180 valence electrons. The van der Waals surface area contributed by atoms with E-state index in [0.717, 1.165) is 11.1 Å². The first-order chi connectivity index (χ1) is 16.3. The predicted molar refractivity (Wildman–Crippen MR) is 130 cm³/mol. The molecule has 9 heteroatoms. The first-order valence-electron chi connectivity index (χ1n) is 11.0. The van der Waals surface area contributed by atoms with Crippen LogP contribution in [0.1, 0.15) is 24.5 Å². The Balaban J connectivity index is 1.61. The van der Waals surface area contributed by atoms with Gasteiger partial charge in [-0.05, 0) is 43.0 Å². The summed E-state index contributed by atoms with van der Waals surface area (Å²) in [7, 11) is 0. The molecule has 1 aliphatic rings. The van der Waals surface area contributed by atoms with Crippen molar-refractivity contribution in [2.24, 2.45) is 0 Å². The molecule has 0 radical (unpaired) electrons. The van der Waals surface area contributed by atoms with Gasteiger partial charge in [0.2, 0.25) is 0 Å². The van der Waals surface area contributed by atoms with E-state index in [4.69, 9.17) is 27.9 Å². The van der Waals surface area contributed by atoms with Crippen molar-refractivity contribution in [2.75, 3.05) is 19.7 Å². The highest BCUT2D eigenvalue weighted by molar-refractivity contribution is 6.42. The Bertz CT molecular complexity index is 1090. The number of nitrogens with one attached hydrogen (secondary N) is 1. The second kappa shape index (κ2) is 11.9. The van der Waals surface area contributed by atoms with E-state index in [1.54, 1.807) is 19.1 Å². The largest absolute Gasteiger partial charge is 0.503 e. The van der Waals surface area contributed by atoms with Crippen molar-refractivity contribution in [3.8, 4) is 0 Å². The minimum absolute atomic E-state index is 0.0677. The van der Waals surface area contributed by atoms with Crippen LogP contribution in [0, 0.1) is 0 Å². The number of hydrogen-bond donors (Lipinski definition) is 2. The Hall–Kier alpha value is -3.03. The predicted octanol–water partition coefficient (Wildman–Crippen LogP) is 3.87. The number of carbonyl (C=O) groups excluding carboxylic acids is 3. The van der Waals surface area contributed by atoms with Crippen molar-refractivity contribution in [1.29, 1.82) is 0 Å². The first kappa shape index (κ1) is 25.6. The van der Waals surface area contributed by atoms with Crippen molar-refractivity contribution in [2.45, 2.75) is 32.2 Å². The topological polar surface area (TPSA) is 95.9 Å². The second-order valence-electron chi connectivity index (χ2n) is 7.83. The highest BCUT2D eigenvalue weighted by Gasteiger charge is 2.41. The lowest BCUT2D eigenvalue weighted by Gasteiger charge is -2.26. The van der Waals surface area contributed by atoms with Crippen LogP contribution in [0.25, 0.3) is 0 Å². The van der Waals surface area contributed by atoms with E-state index >= 15 is 0 Å². The van der Waals surface area contributed by atoms with E-state index < -0.39 is 29.6 Å². The van der Waals surface area contributed by atoms with Gasteiger partial charge in [0.05, 0.1) is 28.8 Å². The molecule has 1 atom stereocenters. The van der Waals surface area contributed by atoms with Gasteiger partial charge in [0, 0.05) is 13.0 Å². The number of amides is 2. The highest BCUT2D eigenvalue weighted by Crippen LogP contribution is 2.24. The first-order valence-corrected chi connectivity index (χ1v) is 11.7. The average molecular weight is 505 g/mol. The number of carbonyl (C=O) groups is 3. The maximum absolute atomic E-state index is 12.7. The van der Waals surface area contributed by atoms with Crippen LogP contribution in [-0.2, 0) is 32.0 Å². The molecule has 7 nitrogen and oxygen atoms in total. The summed E-state index contributed by atoms with van der Waals surface area (Å²) in [5.74, 6) is -2.56. The lowest BCUT2D eigenvalue weighted by molar-refractivity contribution is -0.153. The standard InChI is InChI=1S/C25H26Cl2N2O5/c1-2-34-25(33)21(14-16-7-4-3-5-8-16)29-15-18(22(30)24(29)32)23(31)28-12-6-9-17-10-11-19(26)20(27)13-17/h3-5,7-8,10-11,13,21,30H,2,6,9,12,14-15H2,1H3,(H,28,31)/t21-/m0/s1. The normalized spacial score (nSPS) is 14.3. The van der Waals surface area contributed by atoms with Gasteiger partial charge in [0.25, 0.3) is 11.8 Å². The van der Waals surface area contributed by atoms with Crippen LogP contribution in [-0.4, -0.2) is 53.5 Å². The molecular formula is C25H26Cl2N2O5. The van der Waals surface area contributed by atoms with Crippen molar-refractivity contribution < 1.29 is 24.2 Å². The maximum Gasteiger partial charge on any atom is 0.329 e. The fourth-order valence-electron chi connectivity index (χ4n) is 3.71. The van der Waals surface area contributed by atoms with Crippen molar-refractivity contribution in [1.82, 2.24) is 10.2 Å². The lowest BCUT2D eigenvalue weighted by Crippen LogP contribution is -2.46. The summed E-state index contributed by atoms with van der Waals surface area (Å²) in [6.45, 7) is 1.97. The van der Waals surface area contributed by atoms with E-state index in [0.29, 0.717) is 29.4 Å². The van der Waals surface area contributed by atoms with Crippen molar-refractivity contribution in [3.63, 3.8) is 0 Å². The number of halogens is 2. The Morgan fingerprint density at radius 3 is 2.53 bits per heavy atom. The zero-order valence-electron chi connectivity index (χ0n) is 18.7. The summed E-state index contributed by atoms with van der Waals surface area (Å²) in [5, 5.41) is 14.0. The van der Waals surface area contributed by atoms with Gasteiger partial charge in [-0.2, -0.15) is 0 Å². The minimum atomic E-state index is -0.961. The maximum atomic E-state index is 12.7. The molecule has 34 heavy (non-hydrogen) atoms. The Morgan fingerprint density at radius 2 is 1.85 bits per heavy atom. The molecule has 0 saturated heterocycles. The summed E-state index contributed by atoms with van der Waals surface area (Å²) in [6, 6.07) is 13.6. The van der Waals surface area contributed by atoms with Crippen LogP contribution in [0.4, 0.5) is 0 Å². The number of aryl methyl sites for hydroxylation is 1. The fourth-order valence-corrected chi connectivity index (χ4v) is 4.03. The number of rotatable bonds is 10. The van der Waals surface area contributed by atoms with Crippen LogP contribution in [0.5, 0.6) is 0 Å². The van der Waals surface area contributed by atoms with Crippen molar-refractivity contribution in [3.05, 3.63) is 81.0 Å². The number of aliphatic hydroxyl groups excluding tert-OH is 1. The summed E-state index contributed by atoms with van der Waals surface area (Å²) in [5.41, 5.74) is 1.74. The second-order valence-corrected chi connectivity index (χ2v) is 8.64. The molecule has 0 aliphatic carbocycles. The molecule has 0 unspecified atom stereocenters.